The van der Waals surface area contributed by atoms with Gasteiger partial charge in [0.25, 0.3) is 10.0 Å². The molecule has 1 aromatic carbocycles. The molecule has 1 aromatic heterocycles. The standard InChI is InChI=1S/C15H16F2N4O4S2/c1-8-11(19-9-2-3-21(5-9)15(22)23)4-10(16)14(13(8)17)27(24,25)20-12-6-26-7-18-12/h4,6-7,9,19-20H,2-3,5H2,1H3,(H,22,23)/t9-/m0/s1. The molecule has 1 amide bonds. The van der Waals surface area contributed by atoms with Gasteiger partial charge in [-0.2, -0.15) is 0 Å². The molecule has 1 aliphatic heterocycles. The molecule has 1 fully saturated rings. The lowest BCUT2D eigenvalue weighted by Gasteiger charge is -2.18. The van der Waals surface area contributed by atoms with Crippen molar-refractivity contribution in [2.24, 2.45) is 0 Å². The van der Waals surface area contributed by atoms with Gasteiger partial charge < -0.3 is 15.3 Å². The summed E-state index contributed by atoms with van der Waals surface area (Å²) in [6.07, 6.45) is -0.594. The van der Waals surface area contributed by atoms with Crippen LogP contribution in [-0.4, -0.2) is 48.6 Å². The summed E-state index contributed by atoms with van der Waals surface area (Å²) in [6, 6.07) is 0.575. The van der Waals surface area contributed by atoms with E-state index in [1.807, 2.05) is 4.72 Å². The van der Waals surface area contributed by atoms with Crippen molar-refractivity contribution in [1.82, 2.24) is 9.88 Å². The third-order valence-electron chi connectivity index (χ3n) is 4.18. The van der Waals surface area contributed by atoms with Gasteiger partial charge in [-0.25, -0.2) is 27.0 Å². The summed E-state index contributed by atoms with van der Waals surface area (Å²) >= 11 is 1.13. The van der Waals surface area contributed by atoms with Crippen LogP contribution in [0.2, 0.25) is 0 Å². The second kappa shape index (κ2) is 7.27. The van der Waals surface area contributed by atoms with Crippen LogP contribution in [0.25, 0.3) is 0 Å². The Hall–Kier alpha value is -2.47. The molecule has 0 radical (unpaired) electrons. The van der Waals surface area contributed by atoms with Gasteiger partial charge in [-0.05, 0) is 19.4 Å². The van der Waals surface area contributed by atoms with Crippen LogP contribution in [0, 0.1) is 18.6 Å². The number of hydrogen-bond donors (Lipinski definition) is 3. The number of benzene rings is 1. The van der Waals surface area contributed by atoms with Gasteiger partial charge in [-0.1, -0.05) is 0 Å². The second-order valence-corrected chi connectivity index (χ2v) is 8.35. The lowest BCUT2D eigenvalue weighted by molar-refractivity contribution is 0.155. The molecule has 146 valence electrons. The van der Waals surface area contributed by atoms with Crippen molar-refractivity contribution in [3.05, 3.63) is 34.2 Å². The molecule has 1 aliphatic rings. The van der Waals surface area contributed by atoms with Crippen molar-refractivity contribution in [3.8, 4) is 0 Å². The fraction of sp³-hybridized carbons (Fsp3) is 0.333. The summed E-state index contributed by atoms with van der Waals surface area (Å²) < 4.78 is 55.9. The van der Waals surface area contributed by atoms with Crippen molar-refractivity contribution >= 4 is 39.0 Å². The number of thiazole rings is 1. The highest BCUT2D eigenvalue weighted by Crippen LogP contribution is 2.30. The number of anilines is 2. The fourth-order valence-electron chi connectivity index (χ4n) is 2.81. The monoisotopic (exact) mass is 418 g/mol. The third-order valence-corrected chi connectivity index (χ3v) is 6.15. The first-order valence-electron chi connectivity index (χ1n) is 7.83. The summed E-state index contributed by atoms with van der Waals surface area (Å²) in [6.45, 7) is 1.80. The minimum absolute atomic E-state index is 0.0293. The van der Waals surface area contributed by atoms with Crippen molar-refractivity contribution in [1.29, 1.82) is 0 Å². The predicted octanol–water partition coefficient (Wildman–Crippen LogP) is 2.69. The minimum atomic E-state index is -4.50. The normalized spacial score (nSPS) is 17.1. The van der Waals surface area contributed by atoms with E-state index in [9.17, 15) is 22.0 Å². The van der Waals surface area contributed by atoms with Crippen LogP contribution in [0.3, 0.4) is 0 Å². The average Bonchev–Trinajstić information content (AvgIpc) is 3.23. The maximum atomic E-state index is 14.7. The van der Waals surface area contributed by atoms with Crippen LogP contribution < -0.4 is 10.0 Å². The third kappa shape index (κ3) is 3.95. The maximum absolute atomic E-state index is 14.7. The molecule has 2 aromatic rings. The Balaban J connectivity index is 1.87. The SMILES string of the molecule is Cc1c(N[C@H]2CCN(C(=O)O)C2)cc(F)c(S(=O)(=O)Nc2cscn2)c1F. The first kappa shape index (κ1) is 19.3. The summed E-state index contributed by atoms with van der Waals surface area (Å²) in [5.41, 5.74) is 1.38. The Labute approximate surface area is 157 Å². The molecule has 3 N–H and O–H groups in total. The Morgan fingerprint density at radius 3 is 2.78 bits per heavy atom. The number of carbonyl (C=O) groups is 1. The van der Waals surface area contributed by atoms with Gasteiger partial charge in [0.2, 0.25) is 0 Å². The van der Waals surface area contributed by atoms with E-state index in [-0.39, 0.29) is 29.7 Å². The fourth-order valence-corrected chi connectivity index (χ4v) is 4.57. The molecule has 0 aliphatic carbocycles. The molecule has 3 rings (SSSR count). The molecule has 0 bridgehead atoms. The molecule has 0 saturated carbocycles. The quantitative estimate of drug-likeness (QED) is 0.688. The number of rotatable bonds is 5. The summed E-state index contributed by atoms with van der Waals surface area (Å²) in [5, 5.41) is 13.3. The van der Waals surface area contributed by atoms with E-state index in [0.29, 0.717) is 13.0 Å². The van der Waals surface area contributed by atoms with E-state index in [1.54, 1.807) is 0 Å². The highest BCUT2D eigenvalue weighted by Gasteiger charge is 2.30. The number of halogens is 2. The number of nitrogens with one attached hydrogen (secondary N) is 2. The molecular weight excluding hydrogens is 402 g/mol. The second-order valence-electron chi connectivity index (χ2n) is 6.01. The smallest absolute Gasteiger partial charge is 0.407 e. The van der Waals surface area contributed by atoms with E-state index in [0.717, 1.165) is 17.4 Å². The number of aromatic nitrogens is 1. The highest BCUT2D eigenvalue weighted by atomic mass is 32.2. The number of carboxylic acid groups (broad SMARTS) is 1. The van der Waals surface area contributed by atoms with E-state index in [1.165, 1.54) is 22.7 Å². The maximum Gasteiger partial charge on any atom is 0.407 e. The van der Waals surface area contributed by atoms with E-state index < -0.39 is 32.6 Å². The Kier molecular flexibility index (Phi) is 5.20. The lowest BCUT2D eigenvalue weighted by atomic mass is 10.1. The summed E-state index contributed by atoms with van der Waals surface area (Å²) in [5.74, 6) is -2.50. The largest absolute Gasteiger partial charge is 0.465 e. The van der Waals surface area contributed by atoms with E-state index in [4.69, 9.17) is 5.11 Å². The van der Waals surface area contributed by atoms with E-state index in [2.05, 4.69) is 10.3 Å². The van der Waals surface area contributed by atoms with Crippen molar-refractivity contribution < 1.29 is 27.1 Å². The van der Waals surface area contributed by atoms with Gasteiger partial charge >= 0.3 is 6.09 Å². The van der Waals surface area contributed by atoms with Crippen molar-refractivity contribution in [3.63, 3.8) is 0 Å². The highest BCUT2D eigenvalue weighted by molar-refractivity contribution is 7.92. The molecule has 1 saturated heterocycles. The van der Waals surface area contributed by atoms with Crippen LogP contribution in [0.4, 0.5) is 25.1 Å². The number of amides is 1. The Morgan fingerprint density at radius 2 is 2.19 bits per heavy atom. The van der Waals surface area contributed by atoms with E-state index >= 15 is 0 Å². The van der Waals surface area contributed by atoms with Crippen LogP contribution in [-0.2, 0) is 10.0 Å². The number of likely N-dealkylation sites (tertiary alicyclic amines) is 1. The molecule has 0 unspecified atom stereocenters. The van der Waals surface area contributed by atoms with Crippen LogP contribution >= 0.6 is 11.3 Å². The minimum Gasteiger partial charge on any atom is -0.465 e. The van der Waals surface area contributed by atoms with Crippen LogP contribution in [0.5, 0.6) is 0 Å². The zero-order valence-corrected chi connectivity index (χ0v) is 15.7. The van der Waals surface area contributed by atoms with Gasteiger partial charge in [-0.3, -0.25) is 4.72 Å². The van der Waals surface area contributed by atoms with Gasteiger partial charge in [0.15, 0.2) is 16.5 Å². The predicted molar refractivity (Wildman–Crippen MR) is 95.6 cm³/mol. The van der Waals surface area contributed by atoms with Crippen LogP contribution in [0.15, 0.2) is 21.9 Å². The van der Waals surface area contributed by atoms with Crippen molar-refractivity contribution in [2.45, 2.75) is 24.3 Å². The number of nitrogens with zero attached hydrogens (tertiary/aromatic N) is 2. The van der Waals surface area contributed by atoms with Crippen molar-refractivity contribution in [2.75, 3.05) is 23.1 Å². The first-order chi connectivity index (χ1) is 12.7. The zero-order chi connectivity index (χ0) is 19.8. The van der Waals surface area contributed by atoms with Gasteiger partial charge in [0, 0.05) is 35.8 Å². The Bertz CT molecular complexity index is 967. The lowest BCUT2D eigenvalue weighted by Crippen LogP contribution is -2.30. The van der Waals surface area contributed by atoms with Gasteiger partial charge in [-0.15, -0.1) is 11.3 Å². The topological polar surface area (TPSA) is 112 Å². The first-order valence-corrected chi connectivity index (χ1v) is 10.3. The summed E-state index contributed by atoms with van der Waals surface area (Å²) in [7, 11) is -4.50. The number of sulfonamides is 1. The number of hydrogen-bond acceptors (Lipinski definition) is 6. The molecule has 2 heterocycles. The molecular formula is C15H16F2N4O4S2. The average molecular weight is 418 g/mol. The molecule has 1 atom stereocenters. The molecule has 12 heteroatoms. The van der Waals surface area contributed by atoms with Crippen LogP contribution in [0.1, 0.15) is 12.0 Å². The zero-order valence-electron chi connectivity index (χ0n) is 14.1. The molecule has 27 heavy (non-hydrogen) atoms. The van der Waals surface area contributed by atoms with Gasteiger partial charge in [0.1, 0.15) is 5.82 Å². The Morgan fingerprint density at radius 1 is 1.44 bits per heavy atom. The molecule has 0 spiro atoms. The summed E-state index contributed by atoms with van der Waals surface area (Å²) in [4.78, 5) is 14.8. The molecule has 8 nitrogen and oxygen atoms in total. The van der Waals surface area contributed by atoms with Gasteiger partial charge in [0.05, 0.1) is 5.51 Å².